The van der Waals surface area contributed by atoms with Crippen molar-refractivity contribution >= 4 is 46.6 Å². The van der Waals surface area contributed by atoms with Crippen LogP contribution in [0.3, 0.4) is 0 Å². The van der Waals surface area contributed by atoms with Crippen LogP contribution in [0.5, 0.6) is 0 Å². The summed E-state index contributed by atoms with van der Waals surface area (Å²) in [5, 5.41) is 13.2. The molecule has 0 aliphatic carbocycles. The zero-order valence-corrected chi connectivity index (χ0v) is 20.3. The van der Waals surface area contributed by atoms with E-state index in [0.717, 1.165) is 23.5 Å². The van der Waals surface area contributed by atoms with E-state index in [0.29, 0.717) is 27.3 Å². The van der Waals surface area contributed by atoms with Gasteiger partial charge in [0.2, 0.25) is 5.91 Å². The van der Waals surface area contributed by atoms with Gasteiger partial charge in [-0.15, -0.1) is 10.2 Å². The number of halogens is 2. The van der Waals surface area contributed by atoms with E-state index in [9.17, 15) is 4.79 Å². The summed E-state index contributed by atoms with van der Waals surface area (Å²) < 4.78 is 2.01. The van der Waals surface area contributed by atoms with Gasteiger partial charge in [0.25, 0.3) is 0 Å². The molecule has 0 saturated carbocycles. The van der Waals surface area contributed by atoms with E-state index in [2.05, 4.69) is 58.8 Å². The number of nitrogens with one attached hydrogen (secondary N) is 1. The predicted molar refractivity (Wildman–Crippen MR) is 136 cm³/mol. The van der Waals surface area contributed by atoms with Crippen molar-refractivity contribution in [2.24, 2.45) is 0 Å². The van der Waals surface area contributed by atoms with Gasteiger partial charge >= 0.3 is 0 Å². The number of carbonyl (C=O) groups excluding carboxylic acids is 1. The summed E-state index contributed by atoms with van der Waals surface area (Å²) in [5.74, 6) is 0.800. The molecule has 8 heteroatoms. The molecule has 33 heavy (non-hydrogen) atoms. The van der Waals surface area contributed by atoms with Crippen LogP contribution in [0, 0.1) is 0 Å². The van der Waals surface area contributed by atoms with Gasteiger partial charge in [0, 0.05) is 27.8 Å². The molecule has 1 aromatic heterocycles. The maximum absolute atomic E-state index is 12.6. The van der Waals surface area contributed by atoms with Gasteiger partial charge < -0.3 is 5.32 Å². The highest BCUT2D eigenvalue weighted by molar-refractivity contribution is 7.99. The average molecular weight is 497 g/mol. The molecule has 1 heterocycles. The predicted octanol–water partition coefficient (Wildman–Crippen LogP) is 6.46. The smallest absolute Gasteiger partial charge is 0.234 e. The summed E-state index contributed by atoms with van der Waals surface area (Å²) in [7, 11) is 0. The highest BCUT2D eigenvalue weighted by Gasteiger charge is 2.17. The first-order valence-corrected chi connectivity index (χ1v) is 12.2. The van der Waals surface area contributed by atoms with Crippen molar-refractivity contribution in [3.8, 4) is 5.69 Å². The number of amides is 1. The molecule has 5 nitrogen and oxygen atoms in total. The number of hydrogen-bond acceptors (Lipinski definition) is 4. The van der Waals surface area contributed by atoms with Crippen LogP contribution in [-0.4, -0.2) is 26.4 Å². The third-order valence-electron chi connectivity index (χ3n) is 4.99. The molecule has 1 amide bonds. The lowest BCUT2D eigenvalue weighted by atomic mass is 10.1. The first kappa shape index (κ1) is 23.4. The van der Waals surface area contributed by atoms with Gasteiger partial charge in [-0.05, 0) is 47.9 Å². The van der Waals surface area contributed by atoms with Gasteiger partial charge in [-0.1, -0.05) is 84.4 Å². The van der Waals surface area contributed by atoms with Gasteiger partial charge in [0.15, 0.2) is 5.16 Å². The Bertz CT molecular complexity index is 1220. The van der Waals surface area contributed by atoms with Crippen LogP contribution in [0.4, 0.5) is 5.69 Å². The maximum atomic E-state index is 12.6. The highest BCUT2D eigenvalue weighted by atomic mass is 35.5. The van der Waals surface area contributed by atoms with Crippen molar-refractivity contribution in [2.75, 3.05) is 11.1 Å². The van der Waals surface area contributed by atoms with Crippen molar-refractivity contribution in [3.05, 3.63) is 99.8 Å². The van der Waals surface area contributed by atoms with Crippen LogP contribution in [-0.2, 0) is 17.6 Å². The van der Waals surface area contributed by atoms with E-state index in [4.69, 9.17) is 23.2 Å². The Morgan fingerprint density at radius 2 is 1.64 bits per heavy atom. The number of anilines is 1. The molecule has 0 aliphatic rings. The standard InChI is InChI=1S/C25H22Cl2N4OS/c1-2-17-8-10-22(11-9-17)31-23(12-18-6-4-3-5-7-18)29-30-25(31)33-16-24(32)28-21-14-19(26)13-20(27)15-21/h3-11,13-15H,2,12,16H2,1H3,(H,28,32). The number of nitrogens with zero attached hydrogens (tertiary/aromatic N) is 3. The summed E-state index contributed by atoms with van der Waals surface area (Å²) in [6.45, 7) is 2.13. The second-order valence-corrected chi connectivity index (χ2v) is 9.23. The average Bonchev–Trinajstić information content (AvgIpc) is 3.20. The lowest BCUT2D eigenvalue weighted by Gasteiger charge is -2.11. The third kappa shape index (κ3) is 6.16. The highest BCUT2D eigenvalue weighted by Crippen LogP contribution is 2.26. The molecule has 1 N–H and O–H groups in total. The summed E-state index contributed by atoms with van der Waals surface area (Å²) in [4.78, 5) is 12.6. The van der Waals surface area contributed by atoms with Crippen molar-refractivity contribution in [1.29, 1.82) is 0 Å². The summed E-state index contributed by atoms with van der Waals surface area (Å²) in [6.07, 6.45) is 1.60. The first-order chi connectivity index (χ1) is 16.0. The molecule has 0 bridgehead atoms. The zero-order chi connectivity index (χ0) is 23.2. The van der Waals surface area contributed by atoms with E-state index in [1.807, 2.05) is 22.8 Å². The van der Waals surface area contributed by atoms with E-state index in [1.165, 1.54) is 17.3 Å². The number of hydrogen-bond donors (Lipinski definition) is 1. The monoisotopic (exact) mass is 496 g/mol. The number of aromatic nitrogens is 3. The van der Waals surface area contributed by atoms with E-state index in [1.54, 1.807) is 18.2 Å². The van der Waals surface area contributed by atoms with Crippen LogP contribution >= 0.6 is 35.0 Å². The second kappa shape index (κ2) is 10.9. The fourth-order valence-corrected chi connectivity index (χ4v) is 4.68. The molecule has 0 aliphatic heterocycles. The normalized spacial score (nSPS) is 10.9. The Morgan fingerprint density at radius 1 is 0.939 bits per heavy atom. The quantitative estimate of drug-likeness (QED) is 0.284. The van der Waals surface area contributed by atoms with Crippen molar-refractivity contribution < 1.29 is 4.79 Å². The molecule has 0 spiro atoms. The molecule has 0 atom stereocenters. The molecule has 3 aromatic carbocycles. The van der Waals surface area contributed by atoms with Crippen LogP contribution < -0.4 is 5.32 Å². The Balaban J connectivity index is 1.55. The number of aryl methyl sites for hydroxylation is 1. The molecule has 0 radical (unpaired) electrons. The van der Waals surface area contributed by atoms with Gasteiger partial charge in [-0.25, -0.2) is 0 Å². The van der Waals surface area contributed by atoms with Crippen molar-refractivity contribution in [2.45, 2.75) is 24.9 Å². The Morgan fingerprint density at radius 3 is 2.30 bits per heavy atom. The molecule has 4 aromatic rings. The molecular formula is C25H22Cl2N4OS. The lowest BCUT2D eigenvalue weighted by molar-refractivity contribution is -0.113. The van der Waals surface area contributed by atoms with Crippen LogP contribution in [0.15, 0.2) is 78.0 Å². The summed E-state index contributed by atoms with van der Waals surface area (Å²) >= 11 is 13.4. The molecular weight excluding hydrogens is 475 g/mol. The van der Waals surface area contributed by atoms with Gasteiger partial charge in [0.05, 0.1) is 5.75 Å². The molecule has 0 saturated heterocycles. The number of thioether (sulfide) groups is 1. The fraction of sp³-hybridized carbons (Fsp3) is 0.160. The minimum absolute atomic E-state index is 0.167. The molecule has 4 rings (SSSR count). The van der Waals surface area contributed by atoms with E-state index < -0.39 is 0 Å². The topological polar surface area (TPSA) is 59.8 Å². The second-order valence-electron chi connectivity index (χ2n) is 7.41. The third-order valence-corrected chi connectivity index (χ3v) is 6.35. The Labute approximate surface area is 207 Å². The van der Waals surface area contributed by atoms with Crippen molar-refractivity contribution in [1.82, 2.24) is 14.8 Å². The zero-order valence-electron chi connectivity index (χ0n) is 18.0. The van der Waals surface area contributed by atoms with Gasteiger partial charge in [-0.2, -0.15) is 0 Å². The van der Waals surface area contributed by atoms with Crippen LogP contribution in [0.1, 0.15) is 23.9 Å². The van der Waals surface area contributed by atoms with Gasteiger partial charge in [0.1, 0.15) is 5.82 Å². The Hall–Kier alpha value is -2.80. The number of benzene rings is 3. The minimum Gasteiger partial charge on any atom is -0.325 e. The molecule has 0 fully saturated rings. The van der Waals surface area contributed by atoms with Crippen LogP contribution in [0.2, 0.25) is 10.0 Å². The number of rotatable bonds is 8. The lowest BCUT2D eigenvalue weighted by Crippen LogP contribution is -2.14. The molecule has 0 unspecified atom stereocenters. The Kier molecular flexibility index (Phi) is 7.70. The van der Waals surface area contributed by atoms with Crippen LogP contribution in [0.25, 0.3) is 5.69 Å². The largest absolute Gasteiger partial charge is 0.325 e. The summed E-state index contributed by atoms with van der Waals surface area (Å²) in [6, 6.07) is 23.4. The minimum atomic E-state index is -0.182. The first-order valence-electron chi connectivity index (χ1n) is 10.5. The van der Waals surface area contributed by atoms with Crippen molar-refractivity contribution in [3.63, 3.8) is 0 Å². The SMILES string of the molecule is CCc1ccc(-n2c(Cc3ccccc3)nnc2SCC(=O)Nc2cc(Cl)cc(Cl)c2)cc1. The fourth-order valence-electron chi connectivity index (χ4n) is 3.38. The molecule has 168 valence electrons. The maximum Gasteiger partial charge on any atom is 0.234 e. The van der Waals surface area contributed by atoms with E-state index in [-0.39, 0.29) is 11.7 Å². The van der Waals surface area contributed by atoms with E-state index >= 15 is 0 Å². The number of carbonyl (C=O) groups is 1. The van der Waals surface area contributed by atoms with Gasteiger partial charge in [-0.3, -0.25) is 9.36 Å². The summed E-state index contributed by atoms with van der Waals surface area (Å²) in [5.41, 5.74) is 3.92.